The van der Waals surface area contributed by atoms with Crippen molar-refractivity contribution in [1.82, 2.24) is 5.32 Å². The standard InChI is InChI=1S/C30H44N2O4Si/c1-21-27(16-9-22-7-10-24(11-8-22)32-30(34)23-6-5-18-31-20-23)36-28(17-19-33)29(21)37(3,4)26-14-12-25(35-2)13-15-26/h7-8,10-15,21,23,27-29,31,33H,5-6,9,16-20H2,1-4H3,(H,32,34)/t21-,23?,27+,28-,29+/m1/s1. The maximum Gasteiger partial charge on any atom is 0.228 e. The van der Waals surface area contributed by atoms with Crippen LogP contribution >= 0.6 is 0 Å². The third-order valence-corrected chi connectivity index (χ3v) is 13.0. The summed E-state index contributed by atoms with van der Waals surface area (Å²) in [4.78, 5) is 12.5. The van der Waals surface area contributed by atoms with Crippen LogP contribution in [0.3, 0.4) is 0 Å². The minimum atomic E-state index is -1.87. The van der Waals surface area contributed by atoms with Crippen LogP contribution in [-0.2, 0) is 16.0 Å². The molecule has 2 heterocycles. The fourth-order valence-electron chi connectivity index (χ4n) is 6.43. The second kappa shape index (κ2) is 12.6. The van der Waals surface area contributed by atoms with E-state index in [1.165, 1.54) is 10.8 Å². The zero-order valence-corrected chi connectivity index (χ0v) is 23.8. The lowest BCUT2D eigenvalue weighted by atomic mass is 9.95. The number of benzene rings is 2. The Bertz CT molecular complexity index is 1010. The first-order valence-electron chi connectivity index (χ1n) is 13.8. The molecule has 0 radical (unpaired) electrons. The van der Waals surface area contributed by atoms with Gasteiger partial charge < -0.3 is 25.2 Å². The number of aliphatic hydroxyl groups excluding tert-OH is 1. The Kier molecular flexibility index (Phi) is 9.45. The molecule has 7 heteroatoms. The van der Waals surface area contributed by atoms with E-state index >= 15 is 0 Å². The Morgan fingerprint density at radius 1 is 1.11 bits per heavy atom. The number of methoxy groups -OCH3 is 1. The number of rotatable bonds is 10. The molecule has 202 valence electrons. The van der Waals surface area contributed by atoms with Gasteiger partial charge in [0.2, 0.25) is 5.91 Å². The number of amides is 1. The molecule has 6 nitrogen and oxygen atoms in total. The highest BCUT2D eigenvalue weighted by Gasteiger charge is 2.50. The topological polar surface area (TPSA) is 79.8 Å². The number of ether oxygens (including phenoxy) is 2. The van der Waals surface area contributed by atoms with Gasteiger partial charge in [0.1, 0.15) is 5.75 Å². The van der Waals surface area contributed by atoms with Crippen LogP contribution in [0.25, 0.3) is 0 Å². The summed E-state index contributed by atoms with van der Waals surface area (Å²) in [5.74, 6) is 1.46. The van der Waals surface area contributed by atoms with Crippen LogP contribution in [0.5, 0.6) is 5.75 Å². The average Bonchev–Trinajstić information content (AvgIpc) is 3.24. The summed E-state index contributed by atoms with van der Waals surface area (Å²) < 4.78 is 12.0. The summed E-state index contributed by atoms with van der Waals surface area (Å²) in [7, 11) is -0.170. The van der Waals surface area contributed by atoms with Gasteiger partial charge in [0, 0.05) is 18.8 Å². The minimum Gasteiger partial charge on any atom is -0.497 e. The van der Waals surface area contributed by atoms with Gasteiger partial charge in [-0.2, -0.15) is 0 Å². The highest BCUT2D eigenvalue weighted by atomic mass is 28.3. The summed E-state index contributed by atoms with van der Waals surface area (Å²) in [5.41, 5.74) is 2.55. The van der Waals surface area contributed by atoms with Crippen LogP contribution in [0.4, 0.5) is 5.69 Å². The average molecular weight is 525 g/mol. The van der Waals surface area contributed by atoms with Crippen molar-refractivity contribution in [2.24, 2.45) is 11.8 Å². The molecule has 0 aliphatic carbocycles. The summed E-state index contributed by atoms with van der Waals surface area (Å²) in [5, 5.41) is 17.6. The van der Waals surface area contributed by atoms with E-state index in [1.54, 1.807) is 7.11 Å². The zero-order chi connectivity index (χ0) is 26.4. The third kappa shape index (κ3) is 6.63. The van der Waals surface area contributed by atoms with E-state index in [9.17, 15) is 9.90 Å². The van der Waals surface area contributed by atoms with Crippen LogP contribution in [0.15, 0.2) is 48.5 Å². The first kappa shape index (κ1) is 27.8. The lowest BCUT2D eigenvalue weighted by Crippen LogP contribution is -2.50. The summed E-state index contributed by atoms with van der Waals surface area (Å²) in [6, 6.07) is 16.8. The summed E-state index contributed by atoms with van der Waals surface area (Å²) in [6.45, 7) is 9.12. The highest BCUT2D eigenvalue weighted by molar-refractivity contribution is 6.91. The monoisotopic (exact) mass is 524 g/mol. The maximum absolute atomic E-state index is 12.5. The van der Waals surface area contributed by atoms with Gasteiger partial charge in [-0.15, -0.1) is 0 Å². The lowest BCUT2D eigenvalue weighted by molar-refractivity contribution is -0.120. The Morgan fingerprint density at radius 2 is 1.84 bits per heavy atom. The molecule has 0 aromatic heterocycles. The molecule has 5 atom stereocenters. The van der Waals surface area contributed by atoms with Crippen molar-refractivity contribution in [2.75, 3.05) is 32.1 Å². The number of anilines is 1. The van der Waals surface area contributed by atoms with Crippen molar-refractivity contribution in [3.63, 3.8) is 0 Å². The number of nitrogens with one attached hydrogen (secondary N) is 2. The second-order valence-electron chi connectivity index (χ2n) is 11.3. The van der Waals surface area contributed by atoms with Gasteiger partial charge >= 0.3 is 0 Å². The van der Waals surface area contributed by atoms with E-state index in [4.69, 9.17) is 9.47 Å². The molecule has 4 rings (SSSR count). The maximum atomic E-state index is 12.5. The number of aliphatic hydroxyl groups is 1. The molecule has 2 aromatic carbocycles. The first-order chi connectivity index (χ1) is 17.8. The zero-order valence-electron chi connectivity index (χ0n) is 22.8. The number of hydrogen-bond acceptors (Lipinski definition) is 5. The van der Waals surface area contributed by atoms with Crippen molar-refractivity contribution >= 4 is 24.9 Å². The normalized spacial score (nSPS) is 26.1. The molecule has 2 aliphatic heterocycles. The largest absolute Gasteiger partial charge is 0.497 e. The molecule has 1 unspecified atom stereocenters. The van der Waals surface area contributed by atoms with E-state index in [-0.39, 0.29) is 30.6 Å². The van der Waals surface area contributed by atoms with E-state index in [0.717, 1.165) is 50.2 Å². The van der Waals surface area contributed by atoms with Gasteiger partial charge in [0.25, 0.3) is 0 Å². The second-order valence-corrected chi connectivity index (χ2v) is 16.0. The van der Waals surface area contributed by atoms with Crippen LogP contribution in [0.1, 0.15) is 38.2 Å². The molecule has 2 saturated heterocycles. The molecule has 0 spiro atoms. The molecular formula is C30H44N2O4Si. The molecule has 37 heavy (non-hydrogen) atoms. The minimum absolute atomic E-state index is 0.0555. The van der Waals surface area contributed by atoms with E-state index < -0.39 is 8.07 Å². The van der Waals surface area contributed by atoms with E-state index in [0.29, 0.717) is 17.9 Å². The molecule has 0 bridgehead atoms. The van der Waals surface area contributed by atoms with Crippen molar-refractivity contribution in [3.8, 4) is 5.75 Å². The van der Waals surface area contributed by atoms with Gasteiger partial charge in [-0.1, -0.05) is 49.5 Å². The van der Waals surface area contributed by atoms with Gasteiger partial charge in [-0.25, -0.2) is 0 Å². The van der Waals surface area contributed by atoms with Gasteiger partial charge in [0.05, 0.1) is 33.3 Å². The molecular weight excluding hydrogens is 480 g/mol. The number of piperidine rings is 1. The molecule has 2 fully saturated rings. The Labute approximate surface area is 223 Å². The van der Waals surface area contributed by atoms with Crippen LogP contribution < -0.4 is 20.6 Å². The van der Waals surface area contributed by atoms with Crippen molar-refractivity contribution in [1.29, 1.82) is 0 Å². The van der Waals surface area contributed by atoms with E-state index in [2.05, 4.69) is 67.0 Å². The SMILES string of the molecule is COc1ccc([Si](C)(C)[C@H]2[C@H](C)[C@H](CCc3ccc(NC(=O)C4CCCNC4)cc3)O[C@@H]2CCO)cc1. The van der Waals surface area contributed by atoms with Crippen LogP contribution in [0.2, 0.25) is 18.6 Å². The molecule has 2 aliphatic rings. The summed E-state index contributed by atoms with van der Waals surface area (Å²) in [6.07, 6.45) is 4.82. The first-order valence-corrected chi connectivity index (χ1v) is 16.9. The molecule has 0 saturated carbocycles. The van der Waals surface area contributed by atoms with Gasteiger partial charge in [0.15, 0.2) is 0 Å². The predicted molar refractivity (Wildman–Crippen MR) is 152 cm³/mol. The molecule has 2 aromatic rings. The van der Waals surface area contributed by atoms with Crippen molar-refractivity contribution < 1.29 is 19.4 Å². The Balaban J connectivity index is 1.37. The summed E-state index contributed by atoms with van der Waals surface area (Å²) >= 11 is 0. The Morgan fingerprint density at radius 3 is 2.46 bits per heavy atom. The predicted octanol–water partition coefficient (Wildman–Crippen LogP) is 4.34. The lowest BCUT2D eigenvalue weighted by Gasteiger charge is -2.36. The van der Waals surface area contributed by atoms with Gasteiger partial charge in [-0.3, -0.25) is 4.79 Å². The highest BCUT2D eigenvalue weighted by Crippen LogP contribution is 2.46. The number of carbonyl (C=O) groups excluding carboxylic acids is 1. The van der Waals surface area contributed by atoms with Crippen molar-refractivity contribution in [3.05, 3.63) is 54.1 Å². The Hall–Kier alpha value is -2.19. The fourth-order valence-corrected chi connectivity index (χ4v) is 10.5. The van der Waals surface area contributed by atoms with E-state index in [1.807, 2.05) is 12.1 Å². The van der Waals surface area contributed by atoms with Crippen molar-refractivity contribution in [2.45, 2.75) is 69.9 Å². The van der Waals surface area contributed by atoms with Gasteiger partial charge in [-0.05, 0) is 79.9 Å². The quantitative estimate of drug-likeness (QED) is 0.403. The number of carbonyl (C=O) groups is 1. The third-order valence-electron chi connectivity index (χ3n) is 8.59. The fraction of sp³-hybridized carbons (Fsp3) is 0.567. The number of aryl methyl sites for hydroxylation is 1. The number of hydrogen-bond donors (Lipinski definition) is 3. The molecule has 3 N–H and O–H groups in total. The molecule has 1 amide bonds. The van der Waals surface area contributed by atoms with Crippen LogP contribution in [0, 0.1) is 11.8 Å². The van der Waals surface area contributed by atoms with Crippen LogP contribution in [-0.4, -0.2) is 58.1 Å². The smallest absolute Gasteiger partial charge is 0.228 e.